The number of alkyl halides is 2. The van der Waals surface area contributed by atoms with Crippen molar-refractivity contribution in [1.29, 1.82) is 0 Å². The zero-order chi connectivity index (χ0) is 36.6. The van der Waals surface area contributed by atoms with Crippen molar-refractivity contribution in [1.82, 2.24) is 14.5 Å². The Hall–Kier alpha value is -2.46. The Morgan fingerprint density at radius 3 is 2.71 bits per heavy atom. The summed E-state index contributed by atoms with van der Waals surface area (Å²) in [6.07, 6.45) is 10.00. The Kier molecular flexibility index (Phi) is 11.7. The summed E-state index contributed by atoms with van der Waals surface area (Å²) in [5.41, 5.74) is 4.17. The maximum absolute atomic E-state index is 14.5. The first-order chi connectivity index (χ1) is 25.0. The smallest absolute Gasteiger partial charge is 0.260 e. The van der Waals surface area contributed by atoms with E-state index >= 15 is 0 Å². The number of piperidine rings is 1. The van der Waals surface area contributed by atoms with E-state index in [4.69, 9.17) is 16.3 Å². The number of nitrogens with zero attached hydrogens (tertiary/aromatic N) is 3. The lowest BCUT2D eigenvalue weighted by Crippen LogP contribution is -2.59. The van der Waals surface area contributed by atoms with E-state index in [1.807, 2.05) is 24.3 Å². The molecule has 2 bridgehead atoms. The minimum absolute atomic E-state index is 0.0153. The summed E-state index contributed by atoms with van der Waals surface area (Å²) < 4.78 is 38.8. The van der Waals surface area contributed by atoms with Gasteiger partial charge in [0.2, 0.25) is 0 Å². The van der Waals surface area contributed by atoms with Crippen LogP contribution in [0.4, 0.5) is 14.5 Å². The Balaban J connectivity index is 1.20. The zero-order valence-electron chi connectivity index (χ0n) is 31.2. The highest BCUT2D eigenvalue weighted by Gasteiger charge is 2.44. The lowest BCUT2D eigenvalue weighted by Gasteiger charge is -2.49. The second kappa shape index (κ2) is 16.1. The third-order valence-electron chi connectivity index (χ3n) is 12.8. The van der Waals surface area contributed by atoms with E-state index in [0.29, 0.717) is 42.4 Å². The molecule has 52 heavy (non-hydrogen) atoms. The van der Waals surface area contributed by atoms with Gasteiger partial charge in [-0.2, -0.15) is 0 Å². The molecule has 3 fully saturated rings. The second-order valence-electron chi connectivity index (χ2n) is 16.3. The molecule has 8 atom stereocenters. The third-order valence-corrected chi connectivity index (χ3v) is 14.9. The topological polar surface area (TPSA) is 48.1 Å². The van der Waals surface area contributed by atoms with Gasteiger partial charge in [0.15, 0.2) is 0 Å². The lowest BCUT2D eigenvalue weighted by molar-refractivity contribution is -0.0967. The van der Waals surface area contributed by atoms with Crippen molar-refractivity contribution in [3.63, 3.8) is 0 Å². The van der Waals surface area contributed by atoms with Crippen LogP contribution in [-0.2, 0) is 6.42 Å². The average Bonchev–Trinajstić information content (AvgIpc) is 3.28. The Bertz CT molecular complexity index is 1660. The first-order valence-electron chi connectivity index (χ1n) is 19.6. The highest BCUT2D eigenvalue weighted by Crippen LogP contribution is 2.45. The molecular weight excluding hydrogens is 698 g/mol. The quantitative estimate of drug-likeness (QED) is 0.245. The van der Waals surface area contributed by atoms with Gasteiger partial charge in [-0.1, -0.05) is 73.6 Å². The average molecular weight is 755 g/mol. The molecule has 1 saturated carbocycles. The molecule has 6 nitrogen and oxygen atoms in total. The number of piperazine rings is 1. The minimum atomic E-state index is -2.56. The van der Waals surface area contributed by atoms with E-state index in [-0.39, 0.29) is 36.0 Å². The molecule has 0 aromatic heterocycles. The van der Waals surface area contributed by atoms with E-state index < -0.39 is 16.6 Å². The first-order valence-corrected chi connectivity index (χ1v) is 21.5. The van der Waals surface area contributed by atoms with Crippen molar-refractivity contribution < 1.29 is 18.3 Å². The molecule has 1 amide bonds. The number of carbonyl (C=O) groups excluding carboxylic acids is 1. The number of ether oxygens (including phenoxy) is 1. The summed E-state index contributed by atoms with van der Waals surface area (Å²) in [6.45, 7) is 12.8. The predicted octanol–water partition coefficient (Wildman–Crippen LogP) is 8.66. The zero-order valence-corrected chi connectivity index (χ0v) is 32.7. The Morgan fingerprint density at radius 2 is 1.92 bits per heavy atom. The van der Waals surface area contributed by atoms with Crippen LogP contribution in [0, 0.1) is 23.7 Å². The number of amides is 1. The van der Waals surface area contributed by atoms with E-state index in [1.165, 1.54) is 11.1 Å². The van der Waals surface area contributed by atoms with Crippen LogP contribution in [0.1, 0.15) is 86.7 Å². The number of hydrogen-bond acceptors (Lipinski definition) is 5. The molecule has 10 heteroatoms. The van der Waals surface area contributed by atoms with Gasteiger partial charge in [0.25, 0.3) is 11.8 Å². The summed E-state index contributed by atoms with van der Waals surface area (Å²) in [5, 5.41) is 0.962. The van der Waals surface area contributed by atoms with Crippen LogP contribution in [0.3, 0.4) is 0 Å². The molecule has 2 aromatic carbocycles. The number of fused-ring (bicyclic) bond motifs is 3. The van der Waals surface area contributed by atoms with Crippen LogP contribution in [0.2, 0.25) is 5.02 Å². The summed E-state index contributed by atoms with van der Waals surface area (Å²) in [6, 6.07) is 12.1. The van der Waals surface area contributed by atoms with Gasteiger partial charge in [-0.3, -0.25) is 14.6 Å². The van der Waals surface area contributed by atoms with Crippen molar-refractivity contribution in [2.24, 2.45) is 23.7 Å². The van der Waals surface area contributed by atoms with Gasteiger partial charge in [0.05, 0.1) is 12.3 Å². The molecule has 2 saturated heterocycles. The Labute approximate surface area is 317 Å². The number of benzene rings is 2. The largest absolute Gasteiger partial charge is 0.491 e. The SMILES string of the molecule is C=S1NC(=O)c2ccc3c(c2)N(CC(c2ccc(Cl)cc2CCC)CO3)CC2CCC2C(CN2CCN3CCC(F)(F)CC3C2)/C=C/CC(C)C1C. The van der Waals surface area contributed by atoms with E-state index in [1.54, 1.807) is 0 Å². The maximum Gasteiger partial charge on any atom is 0.260 e. The molecule has 0 spiro atoms. The normalized spacial score (nSPS) is 33.4. The van der Waals surface area contributed by atoms with Gasteiger partial charge < -0.3 is 14.4 Å². The fourth-order valence-corrected chi connectivity index (χ4v) is 10.7. The number of carbonyl (C=O) groups is 1. The number of nitrogens with one attached hydrogen (secondary N) is 1. The summed E-state index contributed by atoms with van der Waals surface area (Å²) in [5.74, 6) is 4.36. The first kappa shape index (κ1) is 37.8. The van der Waals surface area contributed by atoms with Crippen LogP contribution in [0.25, 0.3) is 0 Å². The van der Waals surface area contributed by atoms with E-state index in [2.05, 4.69) is 70.3 Å². The minimum Gasteiger partial charge on any atom is -0.491 e. The number of aryl methyl sites for hydroxylation is 1. The number of allylic oxidation sites excluding steroid dienone is 1. The molecule has 1 N–H and O–H groups in total. The highest BCUT2D eigenvalue weighted by molar-refractivity contribution is 8.13. The molecule has 5 aliphatic rings. The molecule has 8 unspecified atom stereocenters. The van der Waals surface area contributed by atoms with Crippen LogP contribution in [0.15, 0.2) is 48.6 Å². The predicted molar refractivity (Wildman–Crippen MR) is 213 cm³/mol. The van der Waals surface area contributed by atoms with Gasteiger partial charge in [0.1, 0.15) is 5.75 Å². The lowest BCUT2D eigenvalue weighted by atomic mass is 9.66. The molecular formula is C42H57ClF2N4O2S. The number of hydrogen-bond donors (Lipinski definition) is 1. The van der Waals surface area contributed by atoms with Crippen LogP contribution < -0.4 is 14.4 Å². The molecule has 0 radical (unpaired) electrons. The standard InChI is InChI=1S/C42H57ClF2N4O2S/c1-5-7-30-20-35(43)12-14-37(30)34-25-49-24-33-10-13-38(33)32(23-47-18-19-48-17-16-42(44,45)22-36(48)26-47)9-6-8-28(2)29(3)52(4)46-41(50)31-11-15-40(51-27-34)39(49)21-31/h6,9,11-12,14-15,20-21,28-29,32-34,36,38H,4-5,7-8,10,13,16-19,22-27H2,1-3H3,(H,46,50)/b9-6+. The second-order valence-corrected chi connectivity index (χ2v) is 18.6. The van der Waals surface area contributed by atoms with Crippen molar-refractivity contribution in [2.45, 2.75) is 88.8 Å². The van der Waals surface area contributed by atoms with E-state index in [9.17, 15) is 13.6 Å². The van der Waals surface area contributed by atoms with Crippen LogP contribution >= 0.6 is 22.3 Å². The fraction of sp³-hybridized carbons (Fsp3) is 0.619. The fourth-order valence-electron chi connectivity index (χ4n) is 9.34. The number of halogens is 3. The Morgan fingerprint density at radius 1 is 1.08 bits per heavy atom. The summed E-state index contributed by atoms with van der Waals surface area (Å²) in [4.78, 5) is 21.0. The monoisotopic (exact) mass is 754 g/mol. The van der Waals surface area contributed by atoms with Crippen molar-refractivity contribution in [3.8, 4) is 5.75 Å². The molecule has 4 aliphatic heterocycles. The maximum atomic E-state index is 14.5. The highest BCUT2D eigenvalue weighted by atomic mass is 35.5. The van der Waals surface area contributed by atoms with Crippen molar-refractivity contribution >= 4 is 39.7 Å². The molecule has 284 valence electrons. The molecule has 4 heterocycles. The van der Waals surface area contributed by atoms with Gasteiger partial charge in [-0.05, 0) is 90.8 Å². The van der Waals surface area contributed by atoms with Gasteiger partial charge in [0, 0.05) is 86.5 Å². The number of rotatable bonds is 5. The summed E-state index contributed by atoms with van der Waals surface area (Å²) in [7, 11) is -0.560. The van der Waals surface area contributed by atoms with Crippen LogP contribution in [-0.4, -0.2) is 91.2 Å². The summed E-state index contributed by atoms with van der Waals surface area (Å²) >= 11 is 6.49. The molecule has 2 aromatic rings. The van der Waals surface area contributed by atoms with E-state index in [0.717, 1.165) is 87.8 Å². The molecule has 1 aliphatic carbocycles. The molecule has 7 rings (SSSR count). The van der Waals surface area contributed by atoms with Crippen LogP contribution in [0.5, 0.6) is 5.75 Å². The van der Waals surface area contributed by atoms with Gasteiger partial charge in [-0.15, -0.1) is 0 Å². The number of anilines is 1. The van der Waals surface area contributed by atoms with Gasteiger partial charge >= 0.3 is 0 Å². The van der Waals surface area contributed by atoms with Gasteiger partial charge in [-0.25, -0.2) is 8.78 Å². The van der Waals surface area contributed by atoms with Crippen molar-refractivity contribution in [3.05, 3.63) is 70.3 Å². The third kappa shape index (κ3) is 8.43. The van der Waals surface area contributed by atoms with Crippen molar-refractivity contribution in [2.75, 3.05) is 57.3 Å².